The first kappa shape index (κ1) is 21.8. The monoisotopic (exact) mass is 421 g/mol. The van der Waals surface area contributed by atoms with Crippen LogP contribution >= 0.6 is 22.7 Å². The van der Waals surface area contributed by atoms with Gasteiger partial charge in [-0.15, -0.1) is 22.7 Å². The number of amides is 1. The van der Waals surface area contributed by atoms with Gasteiger partial charge < -0.3 is 14.8 Å². The number of hydrogen-bond donors (Lipinski definition) is 1. The molecular formula is C20H23NO5S2. The van der Waals surface area contributed by atoms with E-state index in [0.717, 1.165) is 16.2 Å². The van der Waals surface area contributed by atoms with E-state index in [1.54, 1.807) is 40.7 Å². The highest BCUT2D eigenvalue weighted by molar-refractivity contribution is 7.18. The number of thiophene rings is 2. The average molecular weight is 422 g/mol. The molecule has 2 aromatic heterocycles. The number of anilines is 1. The summed E-state index contributed by atoms with van der Waals surface area (Å²) in [5.41, 5.74) is 0.603. The van der Waals surface area contributed by atoms with E-state index in [0.29, 0.717) is 5.56 Å². The Morgan fingerprint density at radius 2 is 1.71 bits per heavy atom. The van der Waals surface area contributed by atoms with Gasteiger partial charge in [-0.25, -0.2) is 9.59 Å². The van der Waals surface area contributed by atoms with Crippen LogP contribution in [0.4, 0.5) is 5.00 Å². The molecule has 1 N–H and O–H groups in total. The molecule has 0 aliphatic rings. The number of carbonyl (C=O) groups excluding carboxylic acids is 3. The molecule has 1 amide bonds. The summed E-state index contributed by atoms with van der Waals surface area (Å²) in [5.74, 6) is -1.53. The second kappa shape index (κ2) is 9.66. The van der Waals surface area contributed by atoms with Gasteiger partial charge in [-0.2, -0.15) is 0 Å². The van der Waals surface area contributed by atoms with Crippen molar-refractivity contribution < 1.29 is 23.9 Å². The molecule has 0 saturated carbocycles. The van der Waals surface area contributed by atoms with E-state index in [2.05, 4.69) is 5.32 Å². The van der Waals surface area contributed by atoms with Crippen molar-refractivity contribution in [3.63, 3.8) is 0 Å². The molecule has 0 aliphatic carbocycles. The zero-order valence-electron chi connectivity index (χ0n) is 16.4. The lowest BCUT2D eigenvalue weighted by Crippen LogP contribution is -2.16. The number of esters is 2. The topological polar surface area (TPSA) is 81.7 Å². The van der Waals surface area contributed by atoms with Crippen LogP contribution < -0.4 is 5.32 Å². The number of hydrogen-bond acceptors (Lipinski definition) is 7. The van der Waals surface area contributed by atoms with Crippen LogP contribution in [-0.4, -0.2) is 30.1 Å². The van der Waals surface area contributed by atoms with E-state index < -0.39 is 17.8 Å². The fourth-order valence-corrected chi connectivity index (χ4v) is 3.98. The Morgan fingerprint density at radius 3 is 2.29 bits per heavy atom. The smallest absolute Gasteiger partial charge is 0.348 e. The number of rotatable bonds is 7. The van der Waals surface area contributed by atoms with Crippen molar-refractivity contribution in [1.29, 1.82) is 0 Å². The molecular weight excluding hydrogens is 398 g/mol. The van der Waals surface area contributed by atoms with Crippen molar-refractivity contribution in [2.24, 2.45) is 0 Å². The van der Waals surface area contributed by atoms with Crippen LogP contribution in [0.5, 0.6) is 0 Å². The first-order valence-electron chi connectivity index (χ1n) is 8.77. The summed E-state index contributed by atoms with van der Waals surface area (Å²) in [6.45, 7) is 8.59. The maximum absolute atomic E-state index is 12.5. The van der Waals surface area contributed by atoms with Gasteiger partial charge >= 0.3 is 11.9 Å². The third-order valence-electron chi connectivity index (χ3n) is 3.40. The molecule has 0 unspecified atom stereocenters. The van der Waals surface area contributed by atoms with Crippen molar-refractivity contribution >= 4 is 51.6 Å². The number of nitrogens with one attached hydrogen (secondary N) is 1. The highest BCUT2D eigenvalue weighted by Gasteiger charge is 2.28. The Labute approximate surface area is 172 Å². The molecule has 2 aromatic rings. The summed E-state index contributed by atoms with van der Waals surface area (Å²) in [4.78, 5) is 38.4. The third kappa shape index (κ3) is 5.77. The van der Waals surface area contributed by atoms with Gasteiger partial charge in [-0.1, -0.05) is 6.07 Å². The van der Waals surface area contributed by atoms with Crippen molar-refractivity contribution in [3.8, 4) is 0 Å². The third-order valence-corrected chi connectivity index (χ3v) is 5.43. The minimum atomic E-state index is -0.593. The van der Waals surface area contributed by atoms with Crippen LogP contribution in [0.25, 0.3) is 6.08 Å². The van der Waals surface area contributed by atoms with Gasteiger partial charge in [0.1, 0.15) is 9.88 Å². The fourth-order valence-electron chi connectivity index (χ4n) is 2.28. The van der Waals surface area contributed by atoms with Crippen molar-refractivity contribution in [2.75, 3.05) is 5.32 Å². The van der Waals surface area contributed by atoms with Crippen LogP contribution in [0.3, 0.4) is 0 Å². The molecule has 0 atom stereocenters. The van der Waals surface area contributed by atoms with Gasteiger partial charge in [0, 0.05) is 11.0 Å². The molecule has 2 heterocycles. The molecule has 0 radical (unpaired) electrons. The first-order chi connectivity index (χ1) is 13.2. The average Bonchev–Trinajstić information content (AvgIpc) is 3.19. The molecule has 6 nitrogen and oxygen atoms in total. The predicted molar refractivity (Wildman–Crippen MR) is 112 cm³/mol. The Kier molecular flexibility index (Phi) is 7.53. The Morgan fingerprint density at radius 1 is 1.07 bits per heavy atom. The standard InChI is InChI=1S/C20H23NO5S2/c1-11(2)25-19(23)16-13(5)17(20(24)26-12(3)4)28-18(16)21-15(22)9-8-14-7-6-10-27-14/h6-12H,1-5H3,(H,21,22)/b9-8-. The lowest BCUT2D eigenvalue weighted by Gasteiger charge is -2.10. The molecule has 0 aromatic carbocycles. The second-order valence-electron chi connectivity index (χ2n) is 6.51. The van der Waals surface area contributed by atoms with Gasteiger partial charge in [-0.05, 0) is 57.7 Å². The molecule has 28 heavy (non-hydrogen) atoms. The summed E-state index contributed by atoms with van der Waals surface area (Å²) in [5, 5.41) is 4.86. The zero-order chi connectivity index (χ0) is 20.8. The minimum Gasteiger partial charge on any atom is -0.459 e. The van der Waals surface area contributed by atoms with Gasteiger partial charge in [0.15, 0.2) is 0 Å². The largest absolute Gasteiger partial charge is 0.459 e. The lowest BCUT2D eigenvalue weighted by molar-refractivity contribution is -0.111. The molecule has 0 spiro atoms. The minimum absolute atomic E-state index is 0.173. The summed E-state index contributed by atoms with van der Waals surface area (Å²) in [6.07, 6.45) is 2.43. The Balaban J connectivity index is 2.33. The second-order valence-corrected chi connectivity index (χ2v) is 8.51. The van der Waals surface area contributed by atoms with E-state index in [1.165, 1.54) is 17.4 Å². The van der Waals surface area contributed by atoms with E-state index in [1.807, 2.05) is 17.5 Å². The van der Waals surface area contributed by atoms with E-state index in [-0.39, 0.29) is 27.6 Å². The highest BCUT2D eigenvalue weighted by Crippen LogP contribution is 2.34. The van der Waals surface area contributed by atoms with Gasteiger partial charge in [0.2, 0.25) is 5.91 Å². The fraction of sp³-hybridized carbons (Fsp3) is 0.350. The van der Waals surface area contributed by atoms with E-state index >= 15 is 0 Å². The molecule has 0 saturated heterocycles. The highest BCUT2D eigenvalue weighted by atomic mass is 32.1. The van der Waals surface area contributed by atoms with Gasteiger partial charge in [0.05, 0.1) is 17.8 Å². The normalized spacial score (nSPS) is 11.2. The lowest BCUT2D eigenvalue weighted by atomic mass is 10.1. The van der Waals surface area contributed by atoms with Crippen molar-refractivity contribution in [1.82, 2.24) is 0 Å². The maximum Gasteiger partial charge on any atom is 0.348 e. The molecule has 0 fully saturated rings. The summed E-state index contributed by atoms with van der Waals surface area (Å²) in [6, 6.07) is 3.77. The first-order valence-corrected chi connectivity index (χ1v) is 10.5. The maximum atomic E-state index is 12.5. The summed E-state index contributed by atoms with van der Waals surface area (Å²) < 4.78 is 10.5. The van der Waals surface area contributed by atoms with Gasteiger partial charge in [-0.3, -0.25) is 4.79 Å². The zero-order valence-corrected chi connectivity index (χ0v) is 18.0. The van der Waals surface area contributed by atoms with Crippen LogP contribution in [0.15, 0.2) is 23.6 Å². The molecule has 2 rings (SSSR count). The summed E-state index contributed by atoms with van der Waals surface area (Å²) in [7, 11) is 0. The molecule has 150 valence electrons. The number of ether oxygens (including phenoxy) is 2. The quantitative estimate of drug-likeness (QED) is 0.508. The van der Waals surface area contributed by atoms with Gasteiger partial charge in [0.25, 0.3) is 0 Å². The van der Waals surface area contributed by atoms with E-state index in [4.69, 9.17) is 9.47 Å². The van der Waals surface area contributed by atoms with Crippen LogP contribution in [-0.2, 0) is 14.3 Å². The van der Waals surface area contributed by atoms with Crippen LogP contribution in [0.1, 0.15) is 58.2 Å². The Hall–Kier alpha value is -2.45. The molecule has 8 heteroatoms. The summed E-state index contributed by atoms with van der Waals surface area (Å²) >= 11 is 2.51. The van der Waals surface area contributed by atoms with Crippen LogP contribution in [0.2, 0.25) is 0 Å². The Bertz CT molecular complexity index is 879. The molecule has 0 bridgehead atoms. The number of carbonyl (C=O) groups is 3. The SMILES string of the molecule is Cc1c(C(=O)OC(C)C)sc(NC(=O)/C=C\c2cccs2)c1C(=O)OC(C)C. The van der Waals surface area contributed by atoms with E-state index in [9.17, 15) is 14.4 Å². The predicted octanol–water partition coefficient (Wildman–Crippen LogP) is 4.90. The van der Waals surface area contributed by atoms with Crippen LogP contribution in [0, 0.1) is 6.92 Å². The van der Waals surface area contributed by atoms with Crippen molar-refractivity contribution in [3.05, 3.63) is 44.5 Å². The molecule has 0 aliphatic heterocycles. The van der Waals surface area contributed by atoms with Crippen molar-refractivity contribution in [2.45, 2.75) is 46.8 Å².